The predicted molar refractivity (Wildman–Crippen MR) is 41.4 cm³/mol. The van der Waals surface area contributed by atoms with Gasteiger partial charge in [-0.15, -0.1) is 6.58 Å². The fraction of sp³-hybridized carbons (Fsp3) is 0.625. The molecule has 0 aromatic rings. The van der Waals surface area contributed by atoms with E-state index in [0.717, 1.165) is 0 Å². The molecule has 0 bridgehead atoms. The number of Topliss-reactive ketones (excluding diaryl/α,β-unsaturated/α-hetero) is 1. The van der Waals surface area contributed by atoms with Crippen LogP contribution in [0.4, 0.5) is 0 Å². The molecule has 1 heteroatoms. The Bertz CT molecular complexity index is 82.6. The van der Waals surface area contributed by atoms with Crippen LogP contribution in [0.3, 0.4) is 0 Å². The Hall–Kier alpha value is -0.590. The zero-order chi connectivity index (χ0) is 7.86. The minimum absolute atomic E-state index is 0.213. The number of carbonyl (C=O) groups excluding carboxylic acids is 1. The van der Waals surface area contributed by atoms with E-state index in [0.29, 0.717) is 0 Å². The van der Waals surface area contributed by atoms with Gasteiger partial charge in [-0.25, -0.2) is 0 Å². The molecule has 54 valence electrons. The van der Waals surface area contributed by atoms with Crippen LogP contribution in [0, 0.1) is 5.92 Å². The first-order valence-electron chi connectivity index (χ1n) is 3.13. The van der Waals surface area contributed by atoms with E-state index in [1.54, 1.807) is 13.0 Å². The van der Waals surface area contributed by atoms with E-state index in [-0.39, 0.29) is 11.7 Å². The maximum atomic E-state index is 10.1. The maximum absolute atomic E-state index is 10.1. The van der Waals surface area contributed by atoms with E-state index in [1.165, 1.54) is 0 Å². The van der Waals surface area contributed by atoms with Gasteiger partial charge in [0.05, 0.1) is 0 Å². The number of allylic oxidation sites excluding steroid dienone is 1. The first-order chi connectivity index (χ1) is 4.06. The molecule has 0 aromatic heterocycles. The fourth-order valence-corrected chi connectivity index (χ4v) is 0. The first kappa shape index (κ1) is 11.2. The molecule has 0 N–H and O–H groups in total. The van der Waals surface area contributed by atoms with Crippen molar-refractivity contribution in [1.29, 1.82) is 0 Å². The lowest BCUT2D eigenvalue weighted by atomic mass is 10.1. The van der Waals surface area contributed by atoms with Crippen LogP contribution in [0.25, 0.3) is 0 Å². The van der Waals surface area contributed by atoms with Gasteiger partial charge in [-0.3, -0.25) is 4.79 Å². The van der Waals surface area contributed by atoms with E-state index >= 15 is 0 Å². The largest absolute Gasteiger partial charge is 0.300 e. The van der Waals surface area contributed by atoms with Crippen molar-refractivity contribution >= 4 is 5.78 Å². The SMILES string of the molecule is C=CC.CC(=O)C(C)C. The molecular formula is C8H16O. The molecule has 0 spiro atoms. The van der Waals surface area contributed by atoms with Gasteiger partial charge in [0.25, 0.3) is 0 Å². The van der Waals surface area contributed by atoms with Gasteiger partial charge < -0.3 is 0 Å². The Morgan fingerprint density at radius 2 is 1.67 bits per heavy atom. The van der Waals surface area contributed by atoms with Crippen LogP contribution in [0.5, 0.6) is 0 Å². The Kier molecular flexibility index (Phi) is 9.25. The summed E-state index contributed by atoms with van der Waals surface area (Å²) >= 11 is 0. The molecule has 0 saturated heterocycles. The summed E-state index contributed by atoms with van der Waals surface area (Å²) in [6, 6.07) is 0. The number of rotatable bonds is 1. The van der Waals surface area contributed by atoms with Gasteiger partial charge in [-0.1, -0.05) is 19.9 Å². The summed E-state index contributed by atoms with van der Waals surface area (Å²) in [6.07, 6.45) is 1.75. The summed E-state index contributed by atoms with van der Waals surface area (Å²) in [7, 11) is 0. The average Bonchev–Trinajstić information content (AvgIpc) is 1.68. The predicted octanol–water partition coefficient (Wildman–Crippen LogP) is 2.42. The Morgan fingerprint density at radius 1 is 1.56 bits per heavy atom. The molecule has 0 aliphatic carbocycles. The van der Waals surface area contributed by atoms with Crippen LogP contribution >= 0.6 is 0 Å². The molecule has 1 nitrogen and oxygen atoms in total. The third-order valence-corrected chi connectivity index (χ3v) is 0.813. The van der Waals surface area contributed by atoms with Crippen molar-refractivity contribution in [2.45, 2.75) is 27.7 Å². The lowest BCUT2D eigenvalue weighted by Gasteiger charge is -1.90. The molecule has 0 rings (SSSR count). The van der Waals surface area contributed by atoms with Gasteiger partial charge in [0.1, 0.15) is 5.78 Å². The minimum atomic E-state index is 0.213. The smallest absolute Gasteiger partial charge is 0.132 e. The summed E-state index contributed by atoms with van der Waals surface area (Å²) in [5, 5.41) is 0. The second kappa shape index (κ2) is 7.41. The number of hydrogen-bond donors (Lipinski definition) is 0. The van der Waals surface area contributed by atoms with Gasteiger partial charge >= 0.3 is 0 Å². The summed E-state index contributed by atoms with van der Waals surface area (Å²) in [5.74, 6) is 0.472. The van der Waals surface area contributed by atoms with Crippen LogP contribution in [-0.4, -0.2) is 5.78 Å². The summed E-state index contributed by atoms with van der Waals surface area (Å²) in [4.78, 5) is 10.1. The first-order valence-corrected chi connectivity index (χ1v) is 3.13. The van der Waals surface area contributed by atoms with Crippen LogP contribution in [-0.2, 0) is 4.79 Å². The molecule has 0 amide bonds. The Morgan fingerprint density at radius 3 is 1.67 bits per heavy atom. The van der Waals surface area contributed by atoms with Gasteiger partial charge in [0, 0.05) is 5.92 Å². The van der Waals surface area contributed by atoms with E-state index in [9.17, 15) is 4.79 Å². The van der Waals surface area contributed by atoms with Crippen molar-refractivity contribution in [2.75, 3.05) is 0 Å². The second-order valence-corrected chi connectivity index (χ2v) is 2.17. The number of ketones is 1. The molecule has 0 unspecified atom stereocenters. The maximum Gasteiger partial charge on any atom is 0.132 e. The zero-order valence-electron chi connectivity index (χ0n) is 6.77. The Balaban J connectivity index is 0. The zero-order valence-corrected chi connectivity index (χ0v) is 6.77. The highest BCUT2D eigenvalue weighted by Gasteiger charge is 1.94. The standard InChI is InChI=1S/C5H10O.C3H6/c1-4(2)5(3)6;1-3-2/h4H,1-3H3;3H,1H2,2H3. The highest BCUT2D eigenvalue weighted by molar-refractivity contribution is 5.77. The van der Waals surface area contributed by atoms with E-state index in [2.05, 4.69) is 6.58 Å². The molecule has 0 radical (unpaired) electrons. The molecule has 0 aromatic carbocycles. The van der Waals surface area contributed by atoms with Crippen LogP contribution < -0.4 is 0 Å². The highest BCUT2D eigenvalue weighted by atomic mass is 16.1. The van der Waals surface area contributed by atoms with Crippen LogP contribution in [0.2, 0.25) is 0 Å². The monoisotopic (exact) mass is 128 g/mol. The van der Waals surface area contributed by atoms with E-state index < -0.39 is 0 Å². The molecule has 0 aliphatic heterocycles. The summed E-state index contributed by atoms with van der Waals surface area (Å²) in [6.45, 7) is 10.6. The molecule has 0 atom stereocenters. The Labute approximate surface area is 57.8 Å². The fourth-order valence-electron chi connectivity index (χ4n) is 0. The third-order valence-electron chi connectivity index (χ3n) is 0.813. The third kappa shape index (κ3) is 18.7. The second-order valence-electron chi connectivity index (χ2n) is 2.17. The molecule has 0 aliphatic rings. The minimum Gasteiger partial charge on any atom is -0.300 e. The molecule has 0 fully saturated rings. The van der Waals surface area contributed by atoms with Gasteiger partial charge in [0.2, 0.25) is 0 Å². The molecule has 0 saturated carbocycles. The van der Waals surface area contributed by atoms with Crippen molar-refractivity contribution < 1.29 is 4.79 Å². The van der Waals surface area contributed by atoms with Crippen molar-refractivity contribution in [2.24, 2.45) is 5.92 Å². The molecule has 9 heavy (non-hydrogen) atoms. The normalized spacial score (nSPS) is 7.67. The van der Waals surface area contributed by atoms with Crippen molar-refractivity contribution in [3.05, 3.63) is 12.7 Å². The molecule has 0 heterocycles. The van der Waals surface area contributed by atoms with E-state index in [1.807, 2.05) is 20.8 Å². The summed E-state index contributed by atoms with van der Waals surface area (Å²) in [5.41, 5.74) is 0. The quantitative estimate of drug-likeness (QED) is 0.496. The summed E-state index contributed by atoms with van der Waals surface area (Å²) < 4.78 is 0. The number of hydrogen-bond acceptors (Lipinski definition) is 1. The van der Waals surface area contributed by atoms with Crippen LogP contribution in [0.1, 0.15) is 27.7 Å². The lowest BCUT2D eigenvalue weighted by molar-refractivity contribution is -0.119. The van der Waals surface area contributed by atoms with Gasteiger partial charge in [0.15, 0.2) is 0 Å². The van der Waals surface area contributed by atoms with Crippen molar-refractivity contribution in [3.8, 4) is 0 Å². The highest BCUT2D eigenvalue weighted by Crippen LogP contribution is 1.89. The topological polar surface area (TPSA) is 17.1 Å². The van der Waals surface area contributed by atoms with Gasteiger partial charge in [-0.05, 0) is 13.8 Å². The average molecular weight is 128 g/mol. The van der Waals surface area contributed by atoms with Crippen LogP contribution in [0.15, 0.2) is 12.7 Å². The molecular weight excluding hydrogens is 112 g/mol. The number of carbonyl (C=O) groups is 1. The lowest BCUT2D eigenvalue weighted by Crippen LogP contribution is -1.98. The van der Waals surface area contributed by atoms with E-state index in [4.69, 9.17) is 0 Å². The van der Waals surface area contributed by atoms with Gasteiger partial charge in [-0.2, -0.15) is 0 Å². The van der Waals surface area contributed by atoms with Crippen molar-refractivity contribution in [1.82, 2.24) is 0 Å². The van der Waals surface area contributed by atoms with Crippen molar-refractivity contribution in [3.63, 3.8) is 0 Å².